The number of carbonyl (C=O) groups excluding carboxylic acids is 1. The van der Waals surface area contributed by atoms with Crippen LogP contribution in [0, 0.1) is 12.8 Å². The van der Waals surface area contributed by atoms with Crippen molar-refractivity contribution in [2.45, 2.75) is 45.1 Å². The molecule has 7 heteroatoms. The van der Waals surface area contributed by atoms with Gasteiger partial charge in [0.1, 0.15) is 5.54 Å². The van der Waals surface area contributed by atoms with Crippen LogP contribution in [0.4, 0.5) is 9.93 Å². The third kappa shape index (κ3) is 3.27. The summed E-state index contributed by atoms with van der Waals surface area (Å²) in [5, 5.41) is 17.0. The first kappa shape index (κ1) is 14.8. The zero-order chi connectivity index (χ0) is 14.8. The molecule has 0 bridgehead atoms. The SMILES string of the molecule is Cc1csc(NC(=O)NC2(C(=O)O)CCCC(C)C2)n1. The molecule has 0 aliphatic heterocycles. The molecule has 0 aromatic carbocycles. The lowest BCUT2D eigenvalue weighted by atomic mass is 9.76. The zero-order valence-electron chi connectivity index (χ0n) is 11.6. The Morgan fingerprint density at radius 2 is 2.30 bits per heavy atom. The van der Waals surface area contributed by atoms with Crippen LogP contribution in [0.3, 0.4) is 0 Å². The van der Waals surface area contributed by atoms with Crippen LogP contribution < -0.4 is 10.6 Å². The molecular formula is C13H19N3O3S. The number of aliphatic carboxylic acids is 1. The third-order valence-corrected chi connectivity index (χ3v) is 4.47. The van der Waals surface area contributed by atoms with Crippen molar-refractivity contribution in [3.05, 3.63) is 11.1 Å². The fraction of sp³-hybridized carbons (Fsp3) is 0.615. The van der Waals surface area contributed by atoms with E-state index in [1.165, 1.54) is 11.3 Å². The van der Waals surface area contributed by atoms with Crippen molar-refractivity contribution in [1.82, 2.24) is 10.3 Å². The number of hydrogen-bond donors (Lipinski definition) is 3. The van der Waals surface area contributed by atoms with Crippen molar-refractivity contribution < 1.29 is 14.7 Å². The van der Waals surface area contributed by atoms with Gasteiger partial charge >= 0.3 is 12.0 Å². The van der Waals surface area contributed by atoms with Crippen LogP contribution in [-0.2, 0) is 4.79 Å². The molecule has 0 spiro atoms. The first-order chi connectivity index (χ1) is 9.41. The van der Waals surface area contributed by atoms with E-state index in [1.807, 2.05) is 19.2 Å². The zero-order valence-corrected chi connectivity index (χ0v) is 12.4. The number of anilines is 1. The second-order valence-electron chi connectivity index (χ2n) is 5.46. The molecule has 2 atom stereocenters. The highest BCUT2D eigenvalue weighted by Gasteiger charge is 2.43. The number of aryl methyl sites for hydroxylation is 1. The van der Waals surface area contributed by atoms with Crippen LogP contribution in [0.15, 0.2) is 5.38 Å². The highest BCUT2D eigenvalue weighted by atomic mass is 32.1. The maximum atomic E-state index is 12.0. The number of nitrogens with one attached hydrogen (secondary N) is 2. The van der Waals surface area contributed by atoms with Gasteiger partial charge in [0.05, 0.1) is 5.69 Å². The third-order valence-electron chi connectivity index (χ3n) is 3.60. The van der Waals surface area contributed by atoms with Crippen molar-refractivity contribution in [3.8, 4) is 0 Å². The largest absolute Gasteiger partial charge is 0.480 e. The number of carboxylic acids is 1. The molecular weight excluding hydrogens is 278 g/mol. The highest BCUT2D eigenvalue weighted by molar-refractivity contribution is 7.13. The summed E-state index contributed by atoms with van der Waals surface area (Å²) in [6.07, 6.45) is 2.75. The standard InChI is InChI=1S/C13H19N3O3S/c1-8-4-3-5-13(6-8,10(17)18)16-11(19)15-12-14-9(2)7-20-12/h7-8H,3-6H2,1-2H3,(H,17,18)(H2,14,15,16,19). The summed E-state index contributed by atoms with van der Waals surface area (Å²) in [7, 11) is 0. The Labute approximate surface area is 121 Å². The Hall–Kier alpha value is -1.63. The molecule has 110 valence electrons. The Kier molecular flexibility index (Phi) is 4.27. The quantitative estimate of drug-likeness (QED) is 0.799. The van der Waals surface area contributed by atoms with Crippen molar-refractivity contribution in [3.63, 3.8) is 0 Å². The van der Waals surface area contributed by atoms with E-state index in [0.29, 0.717) is 23.9 Å². The summed E-state index contributed by atoms with van der Waals surface area (Å²) in [5.74, 6) is -0.670. The van der Waals surface area contributed by atoms with E-state index in [2.05, 4.69) is 15.6 Å². The lowest BCUT2D eigenvalue weighted by Crippen LogP contribution is -2.57. The van der Waals surface area contributed by atoms with Crippen molar-refractivity contribution >= 4 is 28.5 Å². The molecule has 1 aromatic heterocycles. The average Bonchev–Trinajstić information content (AvgIpc) is 2.74. The van der Waals surface area contributed by atoms with E-state index in [4.69, 9.17) is 0 Å². The molecule has 1 aliphatic rings. The van der Waals surface area contributed by atoms with Gasteiger partial charge in [-0.3, -0.25) is 5.32 Å². The molecule has 20 heavy (non-hydrogen) atoms. The van der Waals surface area contributed by atoms with Gasteiger partial charge in [0.2, 0.25) is 0 Å². The summed E-state index contributed by atoms with van der Waals surface area (Å²) in [6, 6.07) is -0.504. The average molecular weight is 297 g/mol. The van der Waals surface area contributed by atoms with Gasteiger partial charge in [-0.1, -0.05) is 19.8 Å². The van der Waals surface area contributed by atoms with Gasteiger partial charge in [-0.15, -0.1) is 11.3 Å². The second kappa shape index (κ2) is 5.78. The van der Waals surface area contributed by atoms with Crippen molar-refractivity contribution in [2.24, 2.45) is 5.92 Å². The topological polar surface area (TPSA) is 91.3 Å². The molecule has 6 nitrogen and oxygen atoms in total. The smallest absolute Gasteiger partial charge is 0.329 e. The first-order valence-corrected chi connectivity index (χ1v) is 7.54. The number of nitrogens with zero attached hydrogens (tertiary/aromatic N) is 1. The Bertz CT molecular complexity index is 517. The number of hydrogen-bond acceptors (Lipinski definition) is 4. The lowest BCUT2D eigenvalue weighted by molar-refractivity contribution is -0.146. The maximum absolute atomic E-state index is 12.0. The number of aromatic nitrogens is 1. The van der Waals surface area contributed by atoms with Crippen LogP contribution in [-0.4, -0.2) is 27.6 Å². The molecule has 1 aromatic rings. The molecule has 3 N–H and O–H groups in total. The minimum Gasteiger partial charge on any atom is -0.480 e. The van der Waals surface area contributed by atoms with Gasteiger partial charge in [-0.05, 0) is 25.7 Å². The van der Waals surface area contributed by atoms with E-state index >= 15 is 0 Å². The molecule has 1 fully saturated rings. The predicted molar refractivity (Wildman–Crippen MR) is 77.0 cm³/mol. The minimum absolute atomic E-state index is 0.294. The number of carboxylic acid groups (broad SMARTS) is 1. The second-order valence-corrected chi connectivity index (χ2v) is 6.32. The molecule has 2 rings (SSSR count). The normalized spacial score (nSPS) is 26.0. The first-order valence-electron chi connectivity index (χ1n) is 6.66. The molecule has 1 aliphatic carbocycles. The number of thiazole rings is 1. The van der Waals surface area contributed by atoms with E-state index in [1.54, 1.807) is 0 Å². The Morgan fingerprint density at radius 3 is 2.85 bits per heavy atom. The summed E-state index contributed by atoms with van der Waals surface area (Å²) >= 11 is 1.32. The van der Waals surface area contributed by atoms with E-state index in [0.717, 1.165) is 18.5 Å². The summed E-state index contributed by atoms with van der Waals surface area (Å²) in [6.45, 7) is 3.85. The summed E-state index contributed by atoms with van der Waals surface area (Å²) < 4.78 is 0. The molecule has 2 unspecified atom stereocenters. The number of rotatable bonds is 3. The van der Waals surface area contributed by atoms with Gasteiger partial charge < -0.3 is 10.4 Å². The summed E-state index contributed by atoms with van der Waals surface area (Å²) in [5.41, 5.74) is -0.335. The molecule has 2 amide bonds. The van der Waals surface area contributed by atoms with Crippen molar-refractivity contribution in [2.75, 3.05) is 5.32 Å². The predicted octanol–water partition coefficient (Wildman–Crippen LogP) is 2.61. The Balaban J connectivity index is 2.04. The van der Waals surface area contributed by atoms with E-state index in [-0.39, 0.29) is 0 Å². The molecule has 1 saturated carbocycles. The minimum atomic E-state index is -1.16. The highest BCUT2D eigenvalue weighted by Crippen LogP contribution is 2.32. The molecule has 0 radical (unpaired) electrons. The monoisotopic (exact) mass is 297 g/mol. The fourth-order valence-corrected chi connectivity index (χ4v) is 3.35. The van der Waals surface area contributed by atoms with Crippen LogP contribution >= 0.6 is 11.3 Å². The lowest BCUT2D eigenvalue weighted by Gasteiger charge is -2.36. The van der Waals surface area contributed by atoms with Gasteiger partial charge in [-0.25, -0.2) is 14.6 Å². The van der Waals surface area contributed by atoms with E-state index < -0.39 is 17.5 Å². The number of carbonyl (C=O) groups is 2. The van der Waals surface area contributed by atoms with Crippen LogP contribution in [0.1, 0.15) is 38.3 Å². The van der Waals surface area contributed by atoms with Crippen LogP contribution in [0.25, 0.3) is 0 Å². The van der Waals surface area contributed by atoms with E-state index in [9.17, 15) is 14.7 Å². The van der Waals surface area contributed by atoms with Gasteiger partial charge in [0, 0.05) is 5.38 Å². The molecule has 0 saturated heterocycles. The van der Waals surface area contributed by atoms with Crippen LogP contribution in [0.5, 0.6) is 0 Å². The Morgan fingerprint density at radius 1 is 1.55 bits per heavy atom. The van der Waals surface area contributed by atoms with Gasteiger partial charge in [0.15, 0.2) is 5.13 Å². The summed E-state index contributed by atoms with van der Waals surface area (Å²) in [4.78, 5) is 27.7. The number of amides is 2. The number of urea groups is 1. The van der Waals surface area contributed by atoms with Gasteiger partial charge in [-0.2, -0.15) is 0 Å². The fourth-order valence-electron chi connectivity index (χ4n) is 2.67. The molecule has 1 heterocycles. The maximum Gasteiger partial charge on any atom is 0.329 e. The van der Waals surface area contributed by atoms with Crippen LogP contribution in [0.2, 0.25) is 0 Å². The van der Waals surface area contributed by atoms with Gasteiger partial charge in [0.25, 0.3) is 0 Å². The van der Waals surface area contributed by atoms with Crippen molar-refractivity contribution in [1.29, 1.82) is 0 Å².